The second-order valence-electron chi connectivity index (χ2n) is 12.5. The fourth-order valence-corrected chi connectivity index (χ4v) is 6.31. The molecule has 8 heteroatoms. The molecule has 0 fully saturated rings. The Hall–Kier alpha value is -3.91. The lowest BCUT2D eigenvalue weighted by Crippen LogP contribution is -2.46. The number of benzene rings is 3. The van der Waals surface area contributed by atoms with Gasteiger partial charge in [-0.3, -0.25) is 9.59 Å². The number of nitrogens with two attached hydrogens (primary N) is 1. The molecule has 236 valence electrons. The Kier molecular flexibility index (Phi) is 10.4. The van der Waals surface area contributed by atoms with E-state index in [1.165, 1.54) is 6.08 Å². The van der Waals surface area contributed by atoms with Crippen molar-refractivity contribution < 1.29 is 23.5 Å². The number of para-hydroxylation sites is 1. The van der Waals surface area contributed by atoms with E-state index >= 15 is 0 Å². The van der Waals surface area contributed by atoms with Gasteiger partial charge in [-0.1, -0.05) is 66.2 Å². The summed E-state index contributed by atoms with van der Waals surface area (Å²) in [7, 11) is 1.60. The van der Waals surface area contributed by atoms with Gasteiger partial charge in [-0.05, 0) is 80.5 Å². The Bertz CT molecular complexity index is 1660. The maximum Gasteiger partial charge on any atom is 0.244 e. The third kappa shape index (κ3) is 8.23. The molecule has 0 bridgehead atoms. The lowest BCUT2D eigenvalue weighted by molar-refractivity contribution is -0.130. The fraction of sp³-hybridized carbons (Fsp3) is 0.351. The molecular formula is C37H41ClN2O5. The van der Waals surface area contributed by atoms with Crippen molar-refractivity contribution in [1.82, 2.24) is 5.32 Å². The third-order valence-corrected chi connectivity index (χ3v) is 8.62. The molecule has 1 amide bonds. The van der Waals surface area contributed by atoms with E-state index in [-0.39, 0.29) is 30.1 Å². The van der Waals surface area contributed by atoms with Crippen LogP contribution in [0.15, 0.2) is 89.6 Å². The van der Waals surface area contributed by atoms with Crippen molar-refractivity contribution in [2.75, 3.05) is 13.7 Å². The number of nitrogens with one attached hydrogen (secondary N) is 1. The van der Waals surface area contributed by atoms with Crippen LogP contribution in [0.1, 0.15) is 61.3 Å². The first kappa shape index (κ1) is 32.5. The molecule has 45 heavy (non-hydrogen) atoms. The number of carbonyl (C=O) groups excluding carboxylic acids is 2. The number of halogens is 1. The Labute approximate surface area is 269 Å². The minimum absolute atomic E-state index is 0.0528. The van der Waals surface area contributed by atoms with Crippen molar-refractivity contribution in [2.24, 2.45) is 11.7 Å². The van der Waals surface area contributed by atoms with Crippen molar-refractivity contribution in [2.45, 2.75) is 63.6 Å². The molecule has 2 unspecified atom stereocenters. The number of aryl methyl sites for hydroxylation is 1. The molecule has 1 aliphatic rings. The van der Waals surface area contributed by atoms with Crippen LogP contribution < -0.4 is 15.8 Å². The van der Waals surface area contributed by atoms with Crippen LogP contribution in [0, 0.1) is 5.92 Å². The molecule has 3 N–H and O–H groups in total. The van der Waals surface area contributed by atoms with E-state index in [9.17, 15) is 9.59 Å². The normalized spacial score (nSPS) is 17.5. The van der Waals surface area contributed by atoms with Gasteiger partial charge in [0.2, 0.25) is 5.91 Å². The molecule has 0 saturated carbocycles. The molecule has 1 aromatic heterocycles. The summed E-state index contributed by atoms with van der Waals surface area (Å²) in [6, 6.07) is 20.9. The number of amides is 1. The number of carbonyl (C=O) groups is 2. The van der Waals surface area contributed by atoms with Crippen molar-refractivity contribution in [3.63, 3.8) is 0 Å². The summed E-state index contributed by atoms with van der Waals surface area (Å²) in [5.41, 5.74) is 10.5. The SMILES string of the molecule is COc1cc2c(cc1Cl)CCC(C(=O)[C@@H](COCc1ccccc1)NC(=O)C=CCC(C)(C)N)CC2c1cccc2ccoc12. The molecule has 5 rings (SSSR count). The summed E-state index contributed by atoms with van der Waals surface area (Å²) >= 11 is 6.58. The zero-order valence-electron chi connectivity index (χ0n) is 26.1. The largest absolute Gasteiger partial charge is 0.495 e. The molecule has 0 radical (unpaired) electrons. The summed E-state index contributed by atoms with van der Waals surface area (Å²) in [5.74, 6) is -0.359. The number of rotatable bonds is 12. The smallest absolute Gasteiger partial charge is 0.244 e. The molecule has 1 aliphatic carbocycles. The molecule has 7 nitrogen and oxygen atoms in total. The van der Waals surface area contributed by atoms with Crippen LogP contribution in [-0.2, 0) is 27.4 Å². The first-order valence-electron chi connectivity index (χ1n) is 15.4. The van der Waals surface area contributed by atoms with Crippen LogP contribution in [0.3, 0.4) is 0 Å². The lowest BCUT2D eigenvalue weighted by atomic mass is 9.81. The number of hydrogen-bond donors (Lipinski definition) is 2. The van der Waals surface area contributed by atoms with Gasteiger partial charge < -0.3 is 24.9 Å². The number of ketones is 1. The summed E-state index contributed by atoms with van der Waals surface area (Å²) in [5, 5.41) is 4.46. The Balaban J connectivity index is 1.44. The number of Topliss-reactive ketones (excluding diaryl/α,β-unsaturated/α-hetero) is 1. The Morgan fingerprint density at radius 3 is 2.67 bits per heavy atom. The maximum atomic E-state index is 14.4. The molecule has 1 heterocycles. The van der Waals surface area contributed by atoms with E-state index < -0.39 is 11.6 Å². The van der Waals surface area contributed by atoms with Crippen LogP contribution in [0.25, 0.3) is 11.0 Å². The van der Waals surface area contributed by atoms with Crippen molar-refractivity contribution in [3.05, 3.63) is 112 Å². The van der Waals surface area contributed by atoms with Gasteiger partial charge in [0.1, 0.15) is 17.4 Å². The highest BCUT2D eigenvalue weighted by Gasteiger charge is 2.35. The van der Waals surface area contributed by atoms with E-state index in [0.717, 1.165) is 33.2 Å². The fourth-order valence-electron chi connectivity index (χ4n) is 6.05. The standard InChI is InChI=1S/C37H41ClN2O5/c1-37(2,39)17-8-13-34(41)40-32(23-44-22-24-9-5-4-6-10-24)35(42)27-15-14-26-20-31(38)33(43-3)21-29(26)30(19-27)28-12-7-11-25-16-18-45-36(25)28/h4-13,16,18,20-21,27,30,32H,14-15,17,19,22-23,39H2,1-3H3,(H,40,41)/t27?,30?,32-/m1/s1. The van der Waals surface area contributed by atoms with Crippen molar-refractivity contribution in [3.8, 4) is 5.75 Å². The zero-order valence-corrected chi connectivity index (χ0v) is 26.8. The van der Waals surface area contributed by atoms with Gasteiger partial charge in [0.05, 0.1) is 31.6 Å². The van der Waals surface area contributed by atoms with Crippen LogP contribution in [0.2, 0.25) is 5.02 Å². The summed E-state index contributed by atoms with van der Waals surface area (Å²) < 4.78 is 17.6. The van der Waals surface area contributed by atoms with Gasteiger partial charge in [-0.15, -0.1) is 0 Å². The highest BCUT2D eigenvalue weighted by Crippen LogP contribution is 2.44. The van der Waals surface area contributed by atoms with Crippen LogP contribution in [-0.4, -0.2) is 37.0 Å². The van der Waals surface area contributed by atoms with Gasteiger partial charge in [0, 0.05) is 28.3 Å². The first-order valence-corrected chi connectivity index (χ1v) is 15.7. The number of methoxy groups -OCH3 is 1. The predicted molar refractivity (Wildman–Crippen MR) is 178 cm³/mol. The quantitative estimate of drug-likeness (QED) is 0.128. The molecule has 0 aliphatic heterocycles. The average molecular weight is 629 g/mol. The predicted octanol–water partition coefficient (Wildman–Crippen LogP) is 7.13. The minimum Gasteiger partial charge on any atom is -0.495 e. The number of furan rings is 1. The molecule has 0 spiro atoms. The summed E-state index contributed by atoms with van der Waals surface area (Å²) in [6.45, 7) is 4.17. The topological polar surface area (TPSA) is 104 Å². The highest BCUT2D eigenvalue weighted by molar-refractivity contribution is 6.32. The van der Waals surface area contributed by atoms with Gasteiger partial charge in [-0.25, -0.2) is 0 Å². The Morgan fingerprint density at radius 2 is 1.91 bits per heavy atom. The zero-order chi connectivity index (χ0) is 32.0. The van der Waals surface area contributed by atoms with Crippen LogP contribution >= 0.6 is 11.6 Å². The van der Waals surface area contributed by atoms with Gasteiger partial charge >= 0.3 is 0 Å². The lowest BCUT2D eigenvalue weighted by Gasteiger charge is -2.25. The number of ether oxygens (including phenoxy) is 2. The second kappa shape index (κ2) is 14.5. The second-order valence-corrected chi connectivity index (χ2v) is 12.9. The third-order valence-electron chi connectivity index (χ3n) is 8.33. The van der Waals surface area contributed by atoms with Crippen LogP contribution in [0.4, 0.5) is 0 Å². The molecule has 3 atom stereocenters. The van der Waals surface area contributed by atoms with Crippen molar-refractivity contribution in [1.29, 1.82) is 0 Å². The van der Waals surface area contributed by atoms with Gasteiger partial charge in [0.15, 0.2) is 5.78 Å². The highest BCUT2D eigenvalue weighted by atomic mass is 35.5. The van der Waals surface area contributed by atoms with Gasteiger partial charge in [-0.2, -0.15) is 0 Å². The van der Waals surface area contributed by atoms with Crippen molar-refractivity contribution >= 4 is 34.3 Å². The molecule has 0 saturated heterocycles. The monoisotopic (exact) mass is 628 g/mol. The minimum atomic E-state index is -0.832. The van der Waals surface area contributed by atoms with Crippen LogP contribution in [0.5, 0.6) is 5.75 Å². The van der Waals surface area contributed by atoms with E-state index in [1.807, 2.05) is 74.5 Å². The summed E-state index contributed by atoms with van der Waals surface area (Å²) in [4.78, 5) is 27.4. The number of hydrogen-bond acceptors (Lipinski definition) is 6. The van der Waals surface area contributed by atoms with E-state index in [0.29, 0.717) is 43.1 Å². The van der Waals surface area contributed by atoms with E-state index in [2.05, 4.69) is 11.4 Å². The molecular weight excluding hydrogens is 588 g/mol. The molecule has 4 aromatic rings. The molecule has 3 aromatic carbocycles. The Morgan fingerprint density at radius 1 is 1.11 bits per heavy atom. The van der Waals surface area contributed by atoms with E-state index in [4.69, 9.17) is 31.2 Å². The summed E-state index contributed by atoms with van der Waals surface area (Å²) in [6.07, 6.45) is 7.17. The maximum absolute atomic E-state index is 14.4. The van der Waals surface area contributed by atoms with E-state index in [1.54, 1.807) is 19.4 Å². The number of fused-ring (bicyclic) bond motifs is 2. The average Bonchev–Trinajstić information content (AvgIpc) is 3.42. The first-order chi connectivity index (χ1) is 21.6. The van der Waals surface area contributed by atoms with Gasteiger partial charge in [0.25, 0.3) is 0 Å².